The Morgan fingerprint density at radius 2 is 0.558 bits per heavy atom. The SMILES string of the molecule is CCCCC(CC)COc1ccc(C=CC(=O)OC(C)COCC(COCC(CC)(COCC)COCC(COCC(C)OC(=O)C=Cc2ccc(OCC(CC)CCCC)cc2)OCC(C)OC(=O)C=Cc2ccc(OCC(CC)CCCC)cc2)OCC(C)OC(=O)C=Cc2ccc(OCC(CC)CCCC)cc2)cc1. The van der Waals surface area contributed by atoms with E-state index in [0.29, 0.717) is 69.7 Å². The summed E-state index contributed by atoms with van der Waals surface area (Å²) in [5.74, 6) is 3.07. The molecule has 0 aliphatic rings. The molecule has 113 heavy (non-hydrogen) atoms. The zero-order chi connectivity index (χ0) is 82.1. The summed E-state index contributed by atoms with van der Waals surface area (Å²) < 4.78 is 91.7. The van der Waals surface area contributed by atoms with Crippen molar-refractivity contribution < 1.29 is 90.2 Å². The highest BCUT2D eigenvalue weighted by molar-refractivity contribution is 5.89. The van der Waals surface area contributed by atoms with E-state index in [1.54, 1.807) is 52.0 Å². The van der Waals surface area contributed by atoms with Crippen LogP contribution in [-0.4, -0.2) is 166 Å². The van der Waals surface area contributed by atoms with Gasteiger partial charge >= 0.3 is 23.9 Å². The number of esters is 4. The fourth-order valence-corrected chi connectivity index (χ4v) is 12.0. The predicted molar refractivity (Wildman–Crippen MR) is 451 cm³/mol. The van der Waals surface area contributed by atoms with Crippen molar-refractivity contribution in [2.24, 2.45) is 29.1 Å². The van der Waals surface area contributed by atoms with E-state index in [1.165, 1.54) is 50.0 Å². The van der Waals surface area contributed by atoms with E-state index >= 15 is 0 Å². The fraction of sp³-hybridized carbons (Fsp3) is 0.617. The van der Waals surface area contributed by atoms with Crippen LogP contribution >= 0.6 is 0 Å². The molecule has 0 radical (unpaired) electrons. The van der Waals surface area contributed by atoms with E-state index in [0.717, 1.165) is 122 Å². The van der Waals surface area contributed by atoms with Crippen LogP contribution in [0.1, 0.15) is 228 Å². The Hall–Kier alpha value is -7.36. The number of ether oxygens (including phenoxy) is 15. The summed E-state index contributed by atoms with van der Waals surface area (Å²) in [6.07, 6.45) is 27.3. The average Bonchev–Trinajstić information content (AvgIpc) is 0.882. The molecule has 0 spiro atoms. The molecule has 0 aromatic heterocycles. The zero-order valence-corrected chi connectivity index (χ0v) is 71.2. The third-order valence-corrected chi connectivity index (χ3v) is 19.8. The normalized spacial score (nSPS) is 15.1. The lowest BCUT2D eigenvalue weighted by Crippen LogP contribution is -2.40. The molecule has 4 rings (SSSR count). The second-order valence-electron chi connectivity index (χ2n) is 30.0. The first-order chi connectivity index (χ1) is 54.8. The zero-order valence-electron chi connectivity index (χ0n) is 71.2. The largest absolute Gasteiger partial charge is 0.493 e. The molecule has 19 heteroatoms. The summed E-state index contributed by atoms with van der Waals surface area (Å²) in [5.41, 5.74) is 2.63. The lowest BCUT2D eigenvalue weighted by atomic mass is 9.88. The van der Waals surface area contributed by atoms with Crippen LogP contribution in [0, 0.1) is 29.1 Å². The monoisotopic (exact) mass is 1580 g/mol. The van der Waals surface area contributed by atoms with E-state index in [-0.39, 0.29) is 66.1 Å². The molecule has 4 aromatic carbocycles. The summed E-state index contributed by atoms with van der Waals surface area (Å²) in [7, 11) is 0. The molecule has 10 unspecified atom stereocenters. The molecule has 0 aliphatic carbocycles. The van der Waals surface area contributed by atoms with E-state index in [4.69, 9.17) is 71.1 Å². The third-order valence-electron chi connectivity index (χ3n) is 19.8. The molecule has 632 valence electrons. The van der Waals surface area contributed by atoms with Gasteiger partial charge in [-0.15, -0.1) is 0 Å². The quantitative estimate of drug-likeness (QED) is 0.0229. The Morgan fingerprint density at radius 1 is 0.310 bits per heavy atom. The van der Waals surface area contributed by atoms with Crippen molar-refractivity contribution in [3.63, 3.8) is 0 Å². The highest BCUT2D eigenvalue weighted by Gasteiger charge is 2.32. The standard InChI is InChI=1S/C94H142O19/c1-15-25-29-76(19-5)61-106-84-45-33-80(34-46-84)41-53-90(95)110-72(11)57-100-65-88(104-59-74(13)112-92(97)55-43-82-37-49-86(50-38-82)108-63-78(21-7)31-27-17-3)67-102-70-94(23-9,69-99-24-10)71-103-68-89(105-60-75(14)113-93(98)56-44-83-39-51-87(52-40-83)109-64-79(22-8)32-28-18-4)66-101-58-73(12)111-91(96)54-42-81-35-47-85(48-36-81)107-62-77(20-6)30-26-16-2/h33-56,72-79,88-89H,15-32,57-71H2,1-14H3. The Balaban J connectivity index is 1.44. The van der Waals surface area contributed by atoms with Crippen molar-refractivity contribution in [3.8, 4) is 23.0 Å². The van der Waals surface area contributed by atoms with E-state index < -0.39 is 65.9 Å². The third kappa shape index (κ3) is 44.9. The first kappa shape index (κ1) is 98.0. The highest BCUT2D eigenvalue weighted by Crippen LogP contribution is 2.27. The maximum Gasteiger partial charge on any atom is 0.331 e. The molecule has 19 nitrogen and oxygen atoms in total. The topological polar surface area (TPSA) is 207 Å². The van der Waals surface area contributed by atoms with Crippen LogP contribution in [0.25, 0.3) is 24.3 Å². The van der Waals surface area contributed by atoms with Gasteiger partial charge < -0.3 is 71.1 Å². The smallest absolute Gasteiger partial charge is 0.331 e. The van der Waals surface area contributed by atoms with Crippen molar-refractivity contribution in [2.45, 2.75) is 243 Å². The van der Waals surface area contributed by atoms with E-state index in [2.05, 4.69) is 55.4 Å². The minimum atomic E-state index is -0.660. The van der Waals surface area contributed by atoms with Gasteiger partial charge in [0.25, 0.3) is 0 Å². The van der Waals surface area contributed by atoms with Gasteiger partial charge in [-0.3, -0.25) is 0 Å². The first-order valence-corrected chi connectivity index (χ1v) is 42.4. The van der Waals surface area contributed by atoms with Crippen LogP contribution in [-0.2, 0) is 71.3 Å². The Morgan fingerprint density at radius 3 is 0.796 bits per heavy atom. The minimum absolute atomic E-state index is 0.0197. The molecule has 0 saturated heterocycles. The number of hydrogen-bond acceptors (Lipinski definition) is 19. The summed E-state index contributed by atoms with van der Waals surface area (Å²) in [4.78, 5) is 52.5. The molecule has 10 atom stereocenters. The number of unbranched alkanes of at least 4 members (excludes halogenated alkanes) is 4. The molecule has 0 fully saturated rings. The lowest BCUT2D eigenvalue weighted by molar-refractivity contribution is -0.155. The van der Waals surface area contributed by atoms with E-state index in [1.807, 2.05) is 111 Å². The summed E-state index contributed by atoms with van der Waals surface area (Å²) in [6.45, 7) is 32.7. The molecule has 0 heterocycles. The number of hydrogen-bond donors (Lipinski definition) is 0. The second kappa shape index (κ2) is 60.2. The lowest BCUT2D eigenvalue weighted by Gasteiger charge is -2.33. The van der Waals surface area contributed by atoms with Gasteiger partial charge in [-0.2, -0.15) is 0 Å². The van der Waals surface area contributed by atoms with Gasteiger partial charge in [-0.25, -0.2) is 19.2 Å². The van der Waals surface area contributed by atoms with Crippen LogP contribution in [0.4, 0.5) is 0 Å². The van der Waals surface area contributed by atoms with Crippen LogP contribution < -0.4 is 18.9 Å². The van der Waals surface area contributed by atoms with Crippen molar-refractivity contribution in [1.82, 2.24) is 0 Å². The van der Waals surface area contributed by atoms with Crippen LogP contribution in [0.3, 0.4) is 0 Å². The molecule has 0 aliphatic heterocycles. The van der Waals surface area contributed by atoms with Gasteiger partial charge in [-0.05, 0) is 185 Å². The molecule has 0 amide bonds. The van der Waals surface area contributed by atoms with Crippen LogP contribution in [0.15, 0.2) is 121 Å². The maximum atomic E-state index is 13.2. The van der Waals surface area contributed by atoms with Gasteiger partial charge in [0.05, 0.1) is 99.1 Å². The highest BCUT2D eigenvalue weighted by atomic mass is 16.6. The molecule has 0 bridgehead atoms. The van der Waals surface area contributed by atoms with Gasteiger partial charge in [0, 0.05) is 36.3 Å². The second-order valence-corrected chi connectivity index (χ2v) is 30.0. The van der Waals surface area contributed by atoms with E-state index in [9.17, 15) is 19.2 Å². The Kier molecular flexibility index (Phi) is 52.2. The Bertz CT molecular complexity index is 3030. The molecule has 0 saturated carbocycles. The van der Waals surface area contributed by atoms with Crippen LogP contribution in [0.5, 0.6) is 23.0 Å². The predicted octanol–water partition coefficient (Wildman–Crippen LogP) is 20.2. The number of carbonyl (C=O) groups is 4. The number of rotatable bonds is 66. The molecule has 4 aromatic rings. The maximum absolute atomic E-state index is 13.2. The van der Waals surface area contributed by atoms with Crippen LogP contribution in [0.2, 0.25) is 0 Å². The van der Waals surface area contributed by atoms with Gasteiger partial charge in [0.2, 0.25) is 0 Å². The van der Waals surface area contributed by atoms with Crippen molar-refractivity contribution in [2.75, 3.05) is 106 Å². The minimum Gasteiger partial charge on any atom is -0.493 e. The van der Waals surface area contributed by atoms with Gasteiger partial charge in [-0.1, -0.05) is 188 Å². The first-order valence-electron chi connectivity index (χ1n) is 42.4. The average molecular weight is 1580 g/mol. The number of carbonyl (C=O) groups excluding carboxylic acids is 4. The molecule has 0 N–H and O–H groups in total. The molecular formula is C94H142O19. The van der Waals surface area contributed by atoms with Crippen molar-refractivity contribution in [3.05, 3.63) is 144 Å². The Labute approximate surface area is 679 Å². The summed E-state index contributed by atoms with van der Waals surface area (Å²) in [5, 5.41) is 0. The molecular weight excluding hydrogens is 1430 g/mol. The summed E-state index contributed by atoms with van der Waals surface area (Å²) in [6, 6.07) is 30.5. The van der Waals surface area contributed by atoms with Crippen molar-refractivity contribution >= 4 is 48.2 Å². The number of benzene rings is 4. The van der Waals surface area contributed by atoms with Crippen molar-refractivity contribution in [1.29, 1.82) is 0 Å². The van der Waals surface area contributed by atoms with Gasteiger partial charge in [0.1, 0.15) is 59.6 Å². The fourth-order valence-electron chi connectivity index (χ4n) is 12.0. The van der Waals surface area contributed by atoms with Gasteiger partial charge in [0.15, 0.2) is 0 Å². The summed E-state index contributed by atoms with van der Waals surface area (Å²) >= 11 is 0.